The van der Waals surface area contributed by atoms with Gasteiger partial charge in [0, 0.05) is 66.2 Å². The third kappa shape index (κ3) is 13.3. The van der Waals surface area contributed by atoms with E-state index in [2.05, 4.69) is 237 Å². The molecule has 4 nitrogen and oxygen atoms in total. The smallest absolute Gasteiger partial charge is 0.144 e. The van der Waals surface area contributed by atoms with E-state index in [1.807, 2.05) is 36.7 Å². The SMILES string of the molecule is CC(C)(C)c1ccnc(-c2cccc3c2oc2cc(-c4ccccc4)cc(-c4ccccc4)c23)c1.CC(C)Cc1cc(-c2ccccc2)ncc1[Si](C)(C)C.CC(C)Cc1ccnc(-c2ccccc2)c1.[Ir]. The number of benzene rings is 6. The van der Waals surface area contributed by atoms with Crippen molar-refractivity contribution in [2.24, 2.45) is 11.8 Å². The molecule has 6 aromatic carbocycles. The Morgan fingerprint density at radius 3 is 1.60 bits per heavy atom. The molecule has 0 bridgehead atoms. The maximum Gasteiger partial charge on any atom is 0.144 e. The van der Waals surface area contributed by atoms with Crippen molar-refractivity contribution in [3.63, 3.8) is 0 Å². The molecule has 1 radical (unpaired) electrons. The molecule has 10 rings (SSSR count). The number of hydrogen-bond acceptors (Lipinski definition) is 4. The van der Waals surface area contributed by atoms with Crippen LogP contribution in [0.15, 0.2) is 205 Å². The number of nitrogens with zero attached hydrogens (tertiary/aromatic N) is 3. The van der Waals surface area contributed by atoms with E-state index in [9.17, 15) is 0 Å². The Balaban J connectivity index is 0.000000174. The number of para-hydroxylation sites is 1. The van der Waals surface area contributed by atoms with Crippen molar-refractivity contribution in [2.75, 3.05) is 0 Å². The van der Waals surface area contributed by atoms with Crippen LogP contribution in [0.5, 0.6) is 0 Å². The van der Waals surface area contributed by atoms with E-state index in [1.54, 1.807) is 0 Å². The van der Waals surface area contributed by atoms with Gasteiger partial charge in [0.2, 0.25) is 0 Å². The first-order chi connectivity index (χ1) is 34.1. The van der Waals surface area contributed by atoms with Crippen molar-refractivity contribution in [1.29, 1.82) is 0 Å². The van der Waals surface area contributed by atoms with Crippen molar-refractivity contribution in [1.82, 2.24) is 15.0 Å². The van der Waals surface area contributed by atoms with E-state index in [-0.39, 0.29) is 25.5 Å². The molecule has 0 aliphatic carbocycles. The summed E-state index contributed by atoms with van der Waals surface area (Å²) in [6, 6.07) is 63.6. The summed E-state index contributed by atoms with van der Waals surface area (Å²) in [5.41, 5.74) is 17.1. The molecule has 0 N–H and O–H groups in total. The van der Waals surface area contributed by atoms with Crippen LogP contribution >= 0.6 is 0 Å². The van der Waals surface area contributed by atoms with Gasteiger partial charge in [-0.05, 0) is 123 Å². The van der Waals surface area contributed by atoms with E-state index in [0.717, 1.165) is 63.0 Å². The Morgan fingerprint density at radius 2 is 1.03 bits per heavy atom. The molecule has 0 unspecified atom stereocenters. The number of rotatable bonds is 10. The second-order valence-electron chi connectivity index (χ2n) is 21.5. The van der Waals surface area contributed by atoms with Crippen molar-refractivity contribution in [2.45, 2.75) is 86.4 Å². The summed E-state index contributed by atoms with van der Waals surface area (Å²) in [5, 5.41) is 3.75. The molecule has 4 aromatic heterocycles. The number of furan rings is 1. The van der Waals surface area contributed by atoms with Gasteiger partial charge in [0.25, 0.3) is 0 Å². The Kier molecular flexibility index (Phi) is 17.6. The van der Waals surface area contributed by atoms with E-state index in [1.165, 1.54) is 49.7 Å². The van der Waals surface area contributed by atoms with Crippen LogP contribution in [0.3, 0.4) is 0 Å². The monoisotopic (exact) mass is 1140 g/mol. The van der Waals surface area contributed by atoms with Gasteiger partial charge in [0.1, 0.15) is 11.2 Å². The number of fused-ring (bicyclic) bond motifs is 3. The minimum atomic E-state index is -1.33. The Labute approximate surface area is 443 Å². The summed E-state index contributed by atoms with van der Waals surface area (Å²) in [4.78, 5) is 13.9. The van der Waals surface area contributed by atoms with Crippen LogP contribution in [0.2, 0.25) is 19.6 Å². The zero-order valence-electron chi connectivity index (χ0n) is 43.7. The van der Waals surface area contributed by atoms with Crippen molar-refractivity contribution in [3.8, 4) is 56.0 Å². The Bertz CT molecular complexity index is 3320. The van der Waals surface area contributed by atoms with Gasteiger partial charge in [0.15, 0.2) is 0 Å². The van der Waals surface area contributed by atoms with Gasteiger partial charge in [-0.3, -0.25) is 15.0 Å². The zero-order chi connectivity index (χ0) is 50.1. The molecule has 0 fully saturated rings. The number of aromatic nitrogens is 3. The van der Waals surface area contributed by atoms with Crippen LogP contribution < -0.4 is 5.19 Å². The third-order valence-electron chi connectivity index (χ3n) is 12.7. The van der Waals surface area contributed by atoms with Crippen molar-refractivity contribution < 1.29 is 24.5 Å². The summed E-state index contributed by atoms with van der Waals surface area (Å²) in [7, 11) is -1.33. The average molecular weight is 1140 g/mol. The largest absolute Gasteiger partial charge is 0.455 e. The van der Waals surface area contributed by atoms with Gasteiger partial charge in [0.05, 0.1) is 25.2 Å². The van der Waals surface area contributed by atoms with Crippen LogP contribution in [0, 0.1) is 11.8 Å². The Morgan fingerprint density at radius 1 is 0.486 bits per heavy atom. The molecular weight excluding hydrogens is 1070 g/mol. The number of pyridine rings is 3. The van der Waals surface area contributed by atoms with Gasteiger partial charge < -0.3 is 4.42 Å². The minimum Gasteiger partial charge on any atom is -0.455 e. The Hall–Kier alpha value is -6.56. The van der Waals surface area contributed by atoms with Crippen LogP contribution in [-0.4, -0.2) is 23.0 Å². The molecule has 367 valence electrons. The van der Waals surface area contributed by atoms with Gasteiger partial charge in [-0.2, -0.15) is 0 Å². The fraction of sp³-hybridized carbons (Fsp3) is 0.227. The molecule has 4 heterocycles. The molecule has 10 aromatic rings. The summed E-state index contributed by atoms with van der Waals surface area (Å²) >= 11 is 0. The van der Waals surface area contributed by atoms with Gasteiger partial charge in [-0.15, -0.1) is 0 Å². The normalized spacial score (nSPS) is 11.4. The predicted octanol–water partition coefficient (Wildman–Crippen LogP) is 17.7. The molecule has 0 aliphatic rings. The van der Waals surface area contributed by atoms with E-state index >= 15 is 0 Å². The summed E-state index contributed by atoms with van der Waals surface area (Å²) in [6.07, 6.45) is 8.19. The van der Waals surface area contributed by atoms with Crippen LogP contribution in [0.4, 0.5) is 0 Å². The zero-order valence-corrected chi connectivity index (χ0v) is 47.1. The molecule has 0 aliphatic heterocycles. The molecular formula is C66H69IrN3OSi. The minimum absolute atomic E-state index is 0. The number of hydrogen-bond donors (Lipinski definition) is 0. The first kappa shape index (κ1) is 53.2. The molecule has 6 heteroatoms. The quantitative estimate of drug-likeness (QED) is 0.128. The van der Waals surface area contributed by atoms with E-state index < -0.39 is 8.07 Å². The summed E-state index contributed by atoms with van der Waals surface area (Å²) < 4.78 is 6.65. The van der Waals surface area contributed by atoms with Crippen molar-refractivity contribution >= 4 is 35.2 Å². The van der Waals surface area contributed by atoms with E-state index in [0.29, 0.717) is 11.8 Å². The van der Waals surface area contributed by atoms with Gasteiger partial charge in [-0.25, -0.2) is 0 Å². The molecule has 0 spiro atoms. The third-order valence-corrected chi connectivity index (χ3v) is 14.8. The first-order valence-corrected chi connectivity index (χ1v) is 28.7. The van der Waals surface area contributed by atoms with Crippen molar-refractivity contribution in [3.05, 3.63) is 217 Å². The maximum absolute atomic E-state index is 6.65. The fourth-order valence-electron chi connectivity index (χ4n) is 9.20. The fourth-order valence-corrected chi connectivity index (χ4v) is 10.8. The topological polar surface area (TPSA) is 51.8 Å². The van der Waals surface area contributed by atoms with Gasteiger partial charge >= 0.3 is 0 Å². The van der Waals surface area contributed by atoms with E-state index in [4.69, 9.17) is 14.4 Å². The maximum atomic E-state index is 6.65. The van der Waals surface area contributed by atoms with Gasteiger partial charge in [-0.1, -0.05) is 202 Å². The first-order valence-electron chi connectivity index (χ1n) is 25.2. The summed E-state index contributed by atoms with van der Waals surface area (Å²) in [5.74, 6) is 1.36. The summed E-state index contributed by atoms with van der Waals surface area (Å²) in [6.45, 7) is 22.9. The van der Waals surface area contributed by atoms with Crippen LogP contribution in [0.25, 0.3) is 78.0 Å². The standard InChI is InChI=1S/C33H27NO.C18H25NSi.C15H17N.Ir/c1-33(2,3)25-17-18-34-29(21-25)26-15-10-16-27-31-28(23-13-8-5-9-14-23)19-24(20-30(31)35-32(26)27)22-11-6-4-7-12-22;1-14(2)11-16-12-17(15-9-7-6-8-10-15)19-13-18(16)20(3,4)5;1-12(2)10-13-8-9-16-15(11-13)14-6-4-3-5-7-14;/h4-21H,1-3H3;6-10,12-14H,11H2,1-5H3;3-9,11-12H,10H2,1-2H3;. The second-order valence-corrected chi connectivity index (χ2v) is 26.6. The molecule has 0 saturated heterocycles. The second kappa shape index (κ2) is 23.8. The van der Waals surface area contributed by atoms with Crippen LogP contribution in [-0.2, 0) is 38.4 Å². The molecule has 72 heavy (non-hydrogen) atoms. The molecule has 0 amide bonds. The molecule has 0 saturated carbocycles. The van der Waals surface area contributed by atoms with Crippen LogP contribution in [0.1, 0.15) is 65.2 Å². The molecule has 0 atom stereocenters. The predicted molar refractivity (Wildman–Crippen MR) is 306 cm³/mol. The average Bonchev–Trinajstić information content (AvgIpc) is 3.76.